The predicted molar refractivity (Wildman–Crippen MR) is 123 cm³/mol. The molecule has 0 saturated heterocycles. The Bertz CT molecular complexity index is 1220. The van der Waals surface area contributed by atoms with E-state index in [0.717, 1.165) is 46.6 Å². The summed E-state index contributed by atoms with van der Waals surface area (Å²) in [5.41, 5.74) is 4.26. The summed E-state index contributed by atoms with van der Waals surface area (Å²) in [5, 5.41) is 6.45. The van der Waals surface area contributed by atoms with Gasteiger partial charge in [-0.2, -0.15) is 0 Å². The highest BCUT2D eigenvalue weighted by Gasteiger charge is 2.31. The van der Waals surface area contributed by atoms with E-state index in [4.69, 9.17) is 9.47 Å². The van der Waals surface area contributed by atoms with E-state index in [0.29, 0.717) is 22.2 Å². The van der Waals surface area contributed by atoms with E-state index in [-0.39, 0.29) is 24.5 Å². The topological polar surface area (TPSA) is 89.6 Å². The molecule has 1 aromatic heterocycles. The molecular formula is C24H23N3O4S. The fraction of sp³-hybridized carbons (Fsp3) is 0.292. The summed E-state index contributed by atoms with van der Waals surface area (Å²) >= 11 is 1.44. The Balaban J connectivity index is 1.33. The van der Waals surface area contributed by atoms with Crippen LogP contribution in [0.4, 0.5) is 10.8 Å². The number of thiazole rings is 1. The molecule has 2 heterocycles. The molecule has 0 fully saturated rings. The Kier molecular flexibility index (Phi) is 5.30. The summed E-state index contributed by atoms with van der Waals surface area (Å²) in [4.78, 5) is 31.5. The molecule has 5 rings (SSSR count). The first-order valence-electron chi connectivity index (χ1n) is 10.6. The molecule has 1 unspecified atom stereocenters. The molecule has 32 heavy (non-hydrogen) atoms. The molecule has 0 saturated carbocycles. The van der Waals surface area contributed by atoms with Crippen LogP contribution >= 0.6 is 11.3 Å². The predicted octanol–water partition coefficient (Wildman–Crippen LogP) is 4.80. The third kappa shape index (κ3) is 3.82. The Hall–Kier alpha value is -3.39. The number of amides is 2. The second-order valence-electron chi connectivity index (χ2n) is 8.03. The number of carbonyl (C=O) groups excluding carboxylic acids is 2. The highest BCUT2D eigenvalue weighted by Crippen LogP contribution is 2.38. The van der Waals surface area contributed by atoms with Gasteiger partial charge < -0.3 is 14.8 Å². The fourth-order valence-corrected chi connectivity index (χ4v) is 5.10. The van der Waals surface area contributed by atoms with Crippen molar-refractivity contribution in [1.82, 2.24) is 4.98 Å². The van der Waals surface area contributed by atoms with Gasteiger partial charge in [-0.25, -0.2) is 4.98 Å². The van der Waals surface area contributed by atoms with Crippen molar-refractivity contribution < 1.29 is 19.1 Å². The van der Waals surface area contributed by atoms with Crippen LogP contribution in [0.2, 0.25) is 0 Å². The first kappa shape index (κ1) is 20.5. The third-order valence-electron chi connectivity index (χ3n) is 5.99. The van der Waals surface area contributed by atoms with Gasteiger partial charge in [0, 0.05) is 16.1 Å². The van der Waals surface area contributed by atoms with Crippen LogP contribution < -0.4 is 20.1 Å². The minimum absolute atomic E-state index is 0.0569. The van der Waals surface area contributed by atoms with Crippen LogP contribution in [-0.4, -0.2) is 23.6 Å². The average Bonchev–Trinajstić information content (AvgIpc) is 3.42. The van der Waals surface area contributed by atoms with Gasteiger partial charge in [-0.05, 0) is 68.5 Å². The van der Waals surface area contributed by atoms with E-state index in [1.54, 1.807) is 18.2 Å². The number of hydrogen-bond acceptors (Lipinski definition) is 6. The zero-order valence-corrected chi connectivity index (χ0v) is 18.7. The molecule has 7 nitrogen and oxygen atoms in total. The van der Waals surface area contributed by atoms with Crippen LogP contribution in [0.25, 0.3) is 0 Å². The van der Waals surface area contributed by atoms with Gasteiger partial charge in [0.15, 0.2) is 16.6 Å². The van der Waals surface area contributed by atoms with E-state index >= 15 is 0 Å². The summed E-state index contributed by atoms with van der Waals surface area (Å²) in [6.07, 6.45) is 2.51. The van der Waals surface area contributed by atoms with Crippen molar-refractivity contribution in [3.63, 3.8) is 0 Å². The minimum atomic E-state index is -0.328. The van der Waals surface area contributed by atoms with Gasteiger partial charge in [-0.1, -0.05) is 12.1 Å². The van der Waals surface area contributed by atoms with E-state index in [1.165, 1.54) is 11.3 Å². The van der Waals surface area contributed by atoms with E-state index in [9.17, 15) is 9.59 Å². The van der Waals surface area contributed by atoms with Crippen LogP contribution in [-0.2, 0) is 11.2 Å². The molecule has 2 aliphatic rings. The maximum Gasteiger partial charge on any atom is 0.257 e. The lowest BCUT2D eigenvalue weighted by atomic mass is 9.90. The standard InChI is InChI=1S/C24H23N3O4S/c1-13-5-3-7-17(14(13)2)25-23(29)16-6-4-8-20-21(16)26-24(32-20)27-22(28)15-9-10-18-19(11-15)31-12-30-18/h3,5,7,9-11,16H,4,6,8,12H2,1-2H3,(H,25,29)(H,26,27,28). The number of rotatable bonds is 4. The van der Waals surface area contributed by atoms with Crippen molar-refractivity contribution in [3.05, 3.63) is 63.7 Å². The molecular weight excluding hydrogens is 426 g/mol. The summed E-state index contributed by atoms with van der Waals surface area (Å²) in [6, 6.07) is 11.0. The molecule has 3 aromatic rings. The normalized spacial score (nSPS) is 16.4. The number of aromatic nitrogens is 1. The molecule has 1 aliphatic heterocycles. The molecule has 164 valence electrons. The maximum absolute atomic E-state index is 13.1. The zero-order chi connectivity index (χ0) is 22.2. The van der Waals surface area contributed by atoms with E-state index < -0.39 is 0 Å². The Morgan fingerprint density at radius 1 is 1.09 bits per heavy atom. The van der Waals surface area contributed by atoms with Crippen molar-refractivity contribution in [2.24, 2.45) is 0 Å². The smallest absolute Gasteiger partial charge is 0.257 e. The number of ether oxygens (including phenoxy) is 2. The second-order valence-corrected chi connectivity index (χ2v) is 9.11. The van der Waals surface area contributed by atoms with Gasteiger partial charge in [0.05, 0.1) is 11.6 Å². The van der Waals surface area contributed by atoms with Crippen molar-refractivity contribution in [2.45, 2.75) is 39.0 Å². The van der Waals surface area contributed by atoms with Crippen LogP contribution in [0.3, 0.4) is 0 Å². The first-order chi connectivity index (χ1) is 15.5. The lowest BCUT2D eigenvalue weighted by Gasteiger charge is -2.21. The van der Waals surface area contributed by atoms with E-state index in [1.807, 2.05) is 32.0 Å². The number of anilines is 2. The van der Waals surface area contributed by atoms with Gasteiger partial charge in [0.25, 0.3) is 5.91 Å². The molecule has 0 spiro atoms. The summed E-state index contributed by atoms with van der Waals surface area (Å²) in [5.74, 6) is 0.527. The number of carbonyl (C=O) groups is 2. The van der Waals surface area contributed by atoms with Crippen molar-refractivity contribution in [2.75, 3.05) is 17.4 Å². The minimum Gasteiger partial charge on any atom is -0.454 e. The van der Waals surface area contributed by atoms with Crippen LogP contribution in [0.1, 0.15) is 50.8 Å². The van der Waals surface area contributed by atoms with Gasteiger partial charge in [-0.3, -0.25) is 14.9 Å². The Morgan fingerprint density at radius 3 is 2.81 bits per heavy atom. The number of benzene rings is 2. The van der Waals surface area contributed by atoms with Crippen molar-refractivity contribution in [1.29, 1.82) is 0 Å². The van der Waals surface area contributed by atoms with Crippen LogP contribution in [0.15, 0.2) is 36.4 Å². The van der Waals surface area contributed by atoms with Gasteiger partial charge in [0.1, 0.15) is 0 Å². The summed E-state index contributed by atoms with van der Waals surface area (Å²) < 4.78 is 10.6. The highest BCUT2D eigenvalue weighted by atomic mass is 32.1. The molecule has 2 amide bonds. The summed E-state index contributed by atoms with van der Waals surface area (Å²) in [7, 11) is 0. The van der Waals surface area contributed by atoms with Crippen molar-refractivity contribution in [3.8, 4) is 11.5 Å². The van der Waals surface area contributed by atoms with Gasteiger partial charge in [0.2, 0.25) is 12.7 Å². The SMILES string of the molecule is Cc1cccc(NC(=O)C2CCCc3sc(NC(=O)c4ccc5c(c4)OCO5)nc32)c1C. The second kappa shape index (κ2) is 8.27. The average molecular weight is 450 g/mol. The molecule has 2 N–H and O–H groups in total. The molecule has 1 atom stereocenters. The monoisotopic (exact) mass is 449 g/mol. The van der Waals surface area contributed by atoms with Crippen molar-refractivity contribution >= 4 is 34.0 Å². The number of aryl methyl sites for hydroxylation is 2. The highest BCUT2D eigenvalue weighted by molar-refractivity contribution is 7.16. The molecule has 8 heteroatoms. The fourth-order valence-electron chi connectivity index (χ4n) is 4.04. The molecule has 0 bridgehead atoms. The molecule has 0 radical (unpaired) electrons. The summed E-state index contributed by atoms with van der Waals surface area (Å²) in [6.45, 7) is 4.19. The lowest BCUT2D eigenvalue weighted by Crippen LogP contribution is -2.25. The number of hydrogen-bond donors (Lipinski definition) is 2. The zero-order valence-electron chi connectivity index (χ0n) is 17.9. The third-order valence-corrected chi connectivity index (χ3v) is 7.03. The first-order valence-corrected chi connectivity index (χ1v) is 11.4. The molecule has 2 aromatic carbocycles. The number of fused-ring (bicyclic) bond motifs is 2. The van der Waals surface area contributed by atoms with E-state index in [2.05, 4.69) is 15.6 Å². The largest absolute Gasteiger partial charge is 0.454 e. The van der Waals surface area contributed by atoms with Gasteiger partial charge >= 0.3 is 0 Å². The number of nitrogens with one attached hydrogen (secondary N) is 2. The van der Waals surface area contributed by atoms with Crippen LogP contribution in [0.5, 0.6) is 11.5 Å². The number of nitrogens with zero attached hydrogens (tertiary/aromatic N) is 1. The lowest BCUT2D eigenvalue weighted by molar-refractivity contribution is -0.117. The van der Waals surface area contributed by atoms with Crippen LogP contribution in [0, 0.1) is 13.8 Å². The Labute approximate surface area is 189 Å². The Morgan fingerprint density at radius 2 is 1.94 bits per heavy atom. The maximum atomic E-state index is 13.1. The molecule has 1 aliphatic carbocycles. The van der Waals surface area contributed by atoms with Gasteiger partial charge in [-0.15, -0.1) is 11.3 Å². The quantitative estimate of drug-likeness (QED) is 0.597.